The van der Waals surface area contributed by atoms with E-state index in [1.165, 1.54) is 0 Å². The zero-order valence-corrected chi connectivity index (χ0v) is 5.64. The molecule has 0 aromatic heterocycles. The third kappa shape index (κ3) is 6.18. The fourth-order valence-corrected chi connectivity index (χ4v) is 0.389. The highest BCUT2D eigenvalue weighted by Gasteiger charge is 1.90. The van der Waals surface area contributed by atoms with Crippen molar-refractivity contribution in [2.24, 2.45) is 0 Å². The molecule has 0 saturated heterocycles. The Labute approximate surface area is 53.6 Å². The SMILES string of the molecule is BOBBOBCC. The molecule has 0 aliphatic heterocycles. The molecule has 0 heterocycles. The Morgan fingerprint density at radius 3 is 2.75 bits per heavy atom. The van der Waals surface area contributed by atoms with Crippen LogP contribution in [-0.2, 0) is 9.14 Å². The van der Waals surface area contributed by atoms with Gasteiger partial charge >= 0.3 is 0 Å². The van der Waals surface area contributed by atoms with Gasteiger partial charge in [-0.25, -0.2) is 0 Å². The van der Waals surface area contributed by atoms with Gasteiger partial charge in [0, 0.05) is 0 Å². The summed E-state index contributed by atoms with van der Waals surface area (Å²) >= 11 is 0. The highest BCUT2D eigenvalue weighted by Crippen LogP contribution is 1.72. The van der Waals surface area contributed by atoms with Crippen LogP contribution in [0.2, 0.25) is 6.32 Å². The van der Waals surface area contributed by atoms with E-state index in [-0.39, 0.29) is 0 Å². The lowest BCUT2D eigenvalue weighted by Gasteiger charge is -1.94. The molecule has 0 rings (SSSR count). The fraction of sp³-hybridized carbons (Fsp3) is 1.00. The minimum absolute atomic E-state index is 0.708. The molecule has 0 spiro atoms. The third-order valence-corrected chi connectivity index (χ3v) is 0.780. The molecule has 0 aliphatic rings. The summed E-state index contributed by atoms with van der Waals surface area (Å²) in [6.45, 7) is 2.09. The predicted molar refractivity (Wildman–Crippen MR) is 42.6 cm³/mol. The van der Waals surface area contributed by atoms with Gasteiger partial charge in [0.1, 0.15) is 0 Å². The molecule has 8 heavy (non-hydrogen) atoms. The Kier molecular flexibility index (Phi) is 7.34. The molecule has 0 bridgehead atoms. The normalized spacial score (nSPS) is 8.12. The van der Waals surface area contributed by atoms with Crippen molar-refractivity contribution in [2.75, 3.05) is 0 Å². The zero-order chi connectivity index (χ0) is 6.24. The molecule has 0 aromatic carbocycles. The Hall–Kier alpha value is 0.180. The zero-order valence-electron chi connectivity index (χ0n) is 5.64. The maximum atomic E-state index is 5.10. The third-order valence-electron chi connectivity index (χ3n) is 0.780. The first-order valence-electron chi connectivity index (χ1n) is 2.98. The van der Waals surface area contributed by atoms with E-state index in [2.05, 4.69) is 6.92 Å². The highest BCUT2D eigenvalue weighted by atomic mass is 16.4. The summed E-state index contributed by atoms with van der Waals surface area (Å²) in [7, 11) is 3.96. The topological polar surface area (TPSA) is 18.5 Å². The maximum Gasteiger partial charge on any atom is 0.256 e. The van der Waals surface area contributed by atoms with Gasteiger partial charge in [-0.2, -0.15) is 0 Å². The highest BCUT2D eigenvalue weighted by molar-refractivity contribution is 6.96. The van der Waals surface area contributed by atoms with Gasteiger partial charge in [-0.1, -0.05) is 13.2 Å². The van der Waals surface area contributed by atoms with Crippen LogP contribution in [0.4, 0.5) is 0 Å². The van der Waals surface area contributed by atoms with Crippen molar-refractivity contribution in [1.82, 2.24) is 0 Å². The van der Waals surface area contributed by atoms with Crippen LogP contribution in [0.5, 0.6) is 0 Å². The Balaban J connectivity index is 2.53. The average Bonchev–Trinajstić information content (AvgIpc) is 1.81. The lowest BCUT2D eigenvalue weighted by molar-refractivity contribution is 0.630. The van der Waals surface area contributed by atoms with E-state index in [0.717, 1.165) is 21.2 Å². The predicted octanol–water partition coefficient (Wildman–Crippen LogP) is -2.02. The van der Waals surface area contributed by atoms with Crippen molar-refractivity contribution in [1.29, 1.82) is 0 Å². The Bertz CT molecular complexity index is 37.0. The molecule has 0 N–H and O–H groups in total. The van der Waals surface area contributed by atoms with Crippen LogP contribution in [0.3, 0.4) is 0 Å². The summed E-state index contributed by atoms with van der Waals surface area (Å²) in [5, 5.41) is 0. The van der Waals surface area contributed by atoms with Gasteiger partial charge < -0.3 is 9.14 Å². The molecule has 2 nitrogen and oxygen atoms in total. The van der Waals surface area contributed by atoms with Gasteiger partial charge in [-0.3, -0.25) is 0 Å². The molecule has 0 fully saturated rings. The summed E-state index contributed by atoms with van der Waals surface area (Å²) < 4.78 is 9.86. The van der Waals surface area contributed by atoms with E-state index >= 15 is 0 Å². The van der Waals surface area contributed by atoms with E-state index < -0.39 is 0 Å². The van der Waals surface area contributed by atoms with Crippen molar-refractivity contribution in [3.05, 3.63) is 0 Å². The molecule has 42 valence electrons. The standard InChI is InChI=1S/C2H10B4O2/c1-2-4-8-6-5-7-3/h4-6H,2-3H2,1H3. The van der Waals surface area contributed by atoms with Gasteiger partial charge in [-0.05, 0) is 0 Å². The summed E-state index contributed by atoms with van der Waals surface area (Å²) in [4.78, 5) is 0. The lowest BCUT2D eigenvalue weighted by Crippen LogP contribution is -2.12. The molecule has 0 aliphatic carbocycles. The summed E-state index contributed by atoms with van der Waals surface area (Å²) in [6.07, 6.45) is 1.09. The summed E-state index contributed by atoms with van der Waals surface area (Å²) in [5.41, 5.74) is 0. The van der Waals surface area contributed by atoms with E-state index in [1.54, 1.807) is 8.05 Å². The smallest absolute Gasteiger partial charge is 0.256 e. The van der Waals surface area contributed by atoms with Gasteiger partial charge in [0.2, 0.25) is 22.8 Å². The Morgan fingerprint density at radius 2 is 2.25 bits per heavy atom. The number of hydrogen-bond acceptors (Lipinski definition) is 2. The van der Waals surface area contributed by atoms with Crippen LogP contribution in [0, 0.1) is 0 Å². The van der Waals surface area contributed by atoms with Gasteiger partial charge in [0.25, 0.3) is 7.48 Å². The molecule has 6 heteroatoms. The minimum atomic E-state index is 0.708. The van der Waals surface area contributed by atoms with Crippen LogP contribution in [0.25, 0.3) is 0 Å². The average molecular weight is 109 g/mol. The van der Waals surface area contributed by atoms with Crippen molar-refractivity contribution in [3.8, 4) is 0 Å². The second-order valence-electron chi connectivity index (χ2n) is 1.61. The molecule has 0 radical (unpaired) electrons. The van der Waals surface area contributed by atoms with E-state index in [9.17, 15) is 0 Å². The summed E-state index contributed by atoms with van der Waals surface area (Å²) in [6, 6.07) is 0. The van der Waals surface area contributed by atoms with Crippen LogP contribution in [0.1, 0.15) is 6.92 Å². The molecule has 0 unspecified atom stereocenters. The first-order chi connectivity index (χ1) is 3.91. The van der Waals surface area contributed by atoms with Gasteiger partial charge in [0.05, 0.1) is 0 Å². The van der Waals surface area contributed by atoms with E-state index in [4.69, 9.17) is 9.14 Å². The monoisotopic (exact) mass is 110 g/mol. The fourth-order valence-electron chi connectivity index (χ4n) is 0.389. The largest absolute Gasteiger partial charge is 0.511 e. The maximum absolute atomic E-state index is 5.10. The van der Waals surface area contributed by atoms with Gasteiger partial charge in [-0.15, -0.1) is 0 Å². The van der Waals surface area contributed by atoms with Gasteiger partial charge in [0.15, 0.2) is 0 Å². The number of hydrogen-bond donors (Lipinski definition) is 0. The van der Waals surface area contributed by atoms with E-state index in [0.29, 0.717) is 7.37 Å². The van der Waals surface area contributed by atoms with Crippen molar-refractivity contribution < 1.29 is 9.14 Å². The molecular weight excluding hydrogens is 99.3 g/mol. The molecule has 0 atom stereocenters. The molecule has 0 aromatic rings. The quantitative estimate of drug-likeness (QED) is 0.300. The van der Waals surface area contributed by atoms with Crippen molar-refractivity contribution in [3.63, 3.8) is 0 Å². The molecular formula is C2H10B4O2. The first kappa shape index (κ1) is 8.18. The summed E-state index contributed by atoms with van der Waals surface area (Å²) in [5.74, 6) is 0. The second kappa shape index (κ2) is 7.18. The minimum Gasteiger partial charge on any atom is -0.511 e. The lowest BCUT2D eigenvalue weighted by atomic mass is 9.62. The Morgan fingerprint density at radius 1 is 1.50 bits per heavy atom. The van der Waals surface area contributed by atoms with E-state index in [1.807, 2.05) is 0 Å². The first-order valence-corrected chi connectivity index (χ1v) is 2.98. The van der Waals surface area contributed by atoms with Crippen molar-refractivity contribution in [2.45, 2.75) is 13.2 Å². The molecule has 0 amide bonds. The van der Waals surface area contributed by atoms with Crippen molar-refractivity contribution >= 4 is 30.3 Å². The number of rotatable bonds is 5. The van der Waals surface area contributed by atoms with Crippen LogP contribution < -0.4 is 0 Å². The van der Waals surface area contributed by atoms with Crippen LogP contribution >= 0.6 is 0 Å². The molecule has 0 saturated carbocycles. The van der Waals surface area contributed by atoms with Crippen LogP contribution in [-0.4, -0.2) is 30.3 Å². The second-order valence-corrected chi connectivity index (χ2v) is 1.61. The van der Waals surface area contributed by atoms with Crippen LogP contribution in [0.15, 0.2) is 0 Å².